The molecule has 29 heavy (non-hydrogen) atoms. The molecule has 0 aliphatic carbocycles. The number of nitrogens with zero attached hydrogens (tertiary/aromatic N) is 3. The van der Waals surface area contributed by atoms with E-state index in [1.165, 1.54) is 0 Å². The molecule has 0 radical (unpaired) electrons. The molecule has 152 valence electrons. The summed E-state index contributed by atoms with van der Waals surface area (Å²) in [5, 5.41) is 14.3. The van der Waals surface area contributed by atoms with Crippen LogP contribution >= 0.6 is 0 Å². The third kappa shape index (κ3) is 3.83. The van der Waals surface area contributed by atoms with Gasteiger partial charge in [0, 0.05) is 17.5 Å². The molecule has 0 amide bonds. The number of fused-ring (bicyclic) bond motifs is 1. The molecule has 0 fully saturated rings. The van der Waals surface area contributed by atoms with Gasteiger partial charge in [0.2, 0.25) is 0 Å². The number of nitro groups is 1. The molecule has 1 unspecified atom stereocenters. The smallest absolute Gasteiger partial charge is 0.363 e. The first kappa shape index (κ1) is 20.5. The van der Waals surface area contributed by atoms with Gasteiger partial charge in [0.15, 0.2) is 4.90 Å². The van der Waals surface area contributed by atoms with Gasteiger partial charge in [0.1, 0.15) is 12.1 Å². The average molecular weight is 426 g/mol. The van der Waals surface area contributed by atoms with E-state index in [4.69, 9.17) is 0 Å². The van der Waals surface area contributed by atoms with Gasteiger partial charge in [0.25, 0.3) is 15.5 Å². The van der Waals surface area contributed by atoms with Crippen molar-refractivity contribution >= 4 is 32.2 Å². The fourth-order valence-electron chi connectivity index (χ4n) is 2.70. The number of aromatic nitrogens is 2. The molecule has 1 aromatic heterocycles. The Hall–Kier alpha value is -3.28. The van der Waals surface area contributed by atoms with Crippen LogP contribution in [0.1, 0.15) is 18.5 Å². The molecule has 0 bridgehead atoms. The zero-order valence-electron chi connectivity index (χ0n) is 14.7. The highest BCUT2D eigenvalue weighted by atomic mass is 32.2. The third-order valence-electron chi connectivity index (χ3n) is 4.16. The summed E-state index contributed by atoms with van der Waals surface area (Å²) in [5.74, 6) is 0.116. The van der Waals surface area contributed by atoms with Crippen LogP contribution in [-0.4, -0.2) is 28.8 Å². The second-order valence-corrected chi connectivity index (χ2v) is 7.95. The van der Waals surface area contributed by atoms with Gasteiger partial charge in [-0.3, -0.25) is 10.1 Å². The fourth-order valence-corrected chi connectivity index (χ4v) is 3.63. The largest absolute Gasteiger partial charge is 0.502 e. The van der Waals surface area contributed by atoms with Crippen molar-refractivity contribution in [2.24, 2.45) is 0 Å². The summed E-state index contributed by atoms with van der Waals surface area (Å²) in [5.41, 5.74) is -6.22. The van der Waals surface area contributed by atoms with Crippen molar-refractivity contribution in [2.75, 3.05) is 5.32 Å². The zero-order chi connectivity index (χ0) is 21.4. The van der Waals surface area contributed by atoms with Gasteiger partial charge in [-0.2, -0.15) is 13.2 Å². The van der Waals surface area contributed by atoms with E-state index in [1.807, 2.05) is 30.3 Å². The van der Waals surface area contributed by atoms with Crippen molar-refractivity contribution in [1.82, 2.24) is 9.97 Å². The summed E-state index contributed by atoms with van der Waals surface area (Å²) < 4.78 is 62.4. The number of nitrogens with one attached hydrogen (secondary N) is 1. The number of sulfone groups is 1. The lowest BCUT2D eigenvalue weighted by Crippen LogP contribution is -2.24. The maximum Gasteiger partial charge on any atom is 0.502 e. The molecular weight excluding hydrogens is 413 g/mol. The third-order valence-corrected chi connectivity index (χ3v) is 5.68. The number of nitro benzene ring substituents is 1. The Balaban J connectivity index is 2.17. The van der Waals surface area contributed by atoms with Gasteiger partial charge in [-0.25, -0.2) is 18.4 Å². The first-order valence-electron chi connectivity index (χ1n) is 8.08. The van der Waals surface area contributed by atoms with Crippen molar-refractivity contribution in [3.8, 4) is 0 Å². The first-order valence-corrected chi connectivity index (χ1v) is 9.56. The maximum atomic E-state index is 12.9. The molecule has 0 spiro atoms. The van der Waals surface area contributed by atoms with E-state index in [2.05, 4.69) is 15.3 Å². The molecule has 2 aromatic carbocycles. The van der Waals surface area contributed by atoms with E-state index in [1.54, 1.807) is 6.92 Å². The molecule has 3 rings (SSSR count). The van der Waals surface area contributed by atoms with Crippen molar-refractivity contribution in [2.45, 2.75) is 23.4 Å². The average Bonchev–Trinajstić information content (AvgIpc) is 2.67. The Morgan fingerprint density at radius 1 is 1.14 bits per heavy atom. The molecule has 0 saturated heterocycles. The van der Waals surface area contributed by atoms with Crippen LogP contribution in [0.3, 0.4) is 0 Å². The predicted octanol–water partition coefficient (Wildman–Crippen LogP) is 4.00. The zero-order valence-corrected chi connectivity index (χ0v) is 15.5. The molecule has 1 atom stereocenters. The standard InChI is InChI=1S/C17H13F3N4O4S/c1-10(11-5-3-2-4-6-11)23-16-12-7-14(24(25)26)15(8-13(12)21-9-22-16)29(27,28)17(18,19)20/h2-10H,1H3,(H,21,22,23). The number of benzene rings is 2. The SMILES string of the molecule is CC(Nc1ncnc2cc(S(=O)(=O)C(F)(F)F)c([N+](=O)[O-])cc12)c1ccccc1. The Morgan fingerprint density at radius 3 is 2.38 bits per heavy atom. The van der Waals surface area contributed by atoms with Crippen molar-refractivity contribution in [3.05, 3.63) is 64.5 Å². The molecular formula is C17H13F3N4O4S. The topological polar surface area (TPSA) is 115 Å². The Morgan fingerprint density at radius 2 is 1.79 bits per heavy atom. The van der Waals surface area contributed by atoms with Gasteiger partial charge in [-0.1, -0.05) is 30.3 Å². The van der Waals surface area contributed by atoms with Crippen molar-refractivity contribution < 1.29 is 26.5 Å². The summed E-state index contributed by atoms with van der Waals surface area (Å²) >= 11 is 0. The molecule has 0 aliphatic heterocycles. The van der Waals surface area contributed by atoms with Gasteiger partial charge in [0.05, 0.1) is 10.4 Å². The summed E-state index contributed by atoms with van der Waals surface area (Å²) in [6.45, 7) is 1.79. The van der Waals surface area contributed by atoms with Crippen LogP contribution in [0.2, 0.25) is 0 Å². The molecule has 12 heteroatoms. The first-order chi connectivity index (χ1) is 13.5. The lowest BCUT2D eigenvalue weighted by Gasteiger charge is -2.16. The number of halogens is 3. The van der Waals surface area contributed by atoms with E-state index >= 15 is 0 Å². The Labute approximate surface area is 162 Å². The van der Waals surface area contributed by atoms with Gasteiger partial charge >= 0.3 is 5.51 Å². The van der Waals surface area contributed by atoms with E-state index in [-0.39, 0.29) is 22.8 Å². The molecule has 0 saturated carbocycles. The highest BCUT2D eigenvalue weighted by molar-refractivity contribution is 7.92. The maximum absolute atomic E-state index is 12.9. The van der Waals surface area contributed by atoms with Crippen LogP contribution in [0, 0.1) is 10.1 Å². The minimum Gasteiger partial charge on any atom is -0.363 e. The van der Waals surface area contributed by atoms with Crippen molar-refractivity contribution in [1.29, 1.82) is 0 Å². The summed E-state index contributed by atoms with van der Waals surface area (Å²) in [7, 11) is -5.94. The van der Waals surface area contributed by atoms with Crippen LogP contribution in [0.4, 0.5) is 24.7 Å². The molecule has 1 N–H and O–H groups in total. The fraction of sp³-hybridized carbons (Fsp3) is 0.176. The van der Waals surface area contributed by atoms with Gasteiger partial charge < -0.3 is 5.32 Å². The van der Waals surface area contributed by atoms with Gasteiger partial charge in [-0.15, -0.1) is 0 Å². The number of alkyl halides is 3. The number of hydrogen-bond acceptors (Lipinski definition) is 7. The van der Waals surface area contributed by atoms with Crippen molar-refractivity contribution in [3.63, 3.8) is 0 Å². The quantitative estimate of drug-likeness (QED) is 0.484. The summed E-state index contributed by atoms with van der Waals surface area (Å²) in [6.07, 6.45) is 1.03. The summed E-state index contributed by atoms with van der Waals surface area (Å²) in [4.78, 5) is 16.4. The molecule has 0 aliphatic rings. The molecule has 8 nitrogen and oxygen atoms in total. The number of hydrogen-bond donors (Lipinski definition) is 1. The minimum atomic E-state index is -5.94. The second kappa shape index (κ2) is 7.28. The minimum absolute atomic E-state index is 0.0168. The molecule has 1 heterocycles. The molecule has 3 aromatic rings. The predicted molar refractivity (Wildman–Crippen MR) is 97.9 cm³/mol. The van der Waals surface area contributed by atoms with E-state index in [0.29, 0.717) is 6.07 Å². The highest BCUT2D eigenvalue weighted by Gasteiger charge is 2.50. The van der Waals surface area contributed by atoms with Crippen LogP contribution in [0.25, 0.3) is 10.9 Å². The Kier molecular flexibility index (Phi) is 5.13. The van der Waals surface area contributed by atoms with Gasteiger partial charge in [-0.05, 0) is 18.6 Å². The second-order valence-electron chi connectivity index (χ2n) is 6.04. The lowest BCUT2D eigenvalue weighted by atomic mass is 10.1. The van der Waals surface area contributed by atoms with Crippen LogP contribution in [0.5, 0.6) is 0 Å². The van der Waals surface area contributed by atoms with E-state index in [0.717, 1.165) is 18.0 Å². The number of anilines is 1. The normalized spacial score (nSPS) is 13.2. The van der Waals surface area contributed by atoms with E-state index < -0.39 is 30.9 Å². The van der Waals surface area contributed by atoms with Crippen LogP contribution in [-0.2, 0) is 9.84 Å². The summed E-state index contributed by atoms with van der Waals surface area (Å²) in [6, 6.07) is 10.1. The Bertz CT molecular complexity index is 1180. The van der Waals surface area contributed by atoms with Crippen LogP contribution in [0.15, 0.2) is 53.7 Å². The number of rotatable bonds is 5. The van der Waals surface area contributed by atoms with Crippen LogP contribution < -0.4 is 5.32 Å². The lowest BCUT2D eigenvalue weighted by molar-refractivity contribution is -0.387. The van der Waals surface area contributed by atoms with E-state index in [9.17, 15) is 31.7 Å². The monoisotopic (exact) mass is 426 g/mol. The highest BCUT2D eigenvalue weighted by Crippen LogP contribution is 2.38.